The molecule has 0 radical (unpaired) electrons. The Morgan fingerprint density at radius 3 is 2.47 bits per heavy atom. The minimum atomic E-state index is 0.693. The van der Waals surface area contributed by atoms with Gasteiger partial charge in [0.25, 0.3) is 0 Å². The summed E-state index contributed by atoms with van der Waals surface area (Å²) in [7, 11) is 0. The molecule has 2 heteroatoms. The van der Waals surface area contributed by atoms with Crippen LogP contribution in [0, 0.1) is 5.92 Å². The van der Waals surface area contributed by atoms with Crippen molar-refractivity contribution in [2.75, 3.05) is 6.54 Å². The van der Waals surface area contributed by atoms with Gasteiger partial charge in [0.2, 0.25) is 0 Å². The summed E-state index contributed by atoms with van der Waals surface area (Å²) in [6, 6.07) is 8.42. The van der Waals surface area contributed by atoms with E-state index < -0.39 is 0 Å². The Balaban J connectivity index is 2.16. The van der Waals surface area contributed by atoms with Crippen molar-refractivity contribution in [1.82, 2.24) is 0 Å². The maximum absolute atomic E-state index is 5.96. The number of nitrogens with two attached hydrogens (primary N) is 1. The molecule has 2 N–H and O–H groups in total. The molecule has 1 aliphatic rings. The van der Waals surface area contributed by atoms with Gasteiger partial charge in [-0.15, -0.1) is 0 Å². The van der Waals surface area contributed by atoms with Crippen molar-refractivity contribution < 1.29 is 0 Å². The highest BCUT2D eigenvalue weighted by Gasteiger charge is 2.24. The number of benzene rings is 1. The minimum absolute atomic E-state index is 0.693. The van der Waals surface area contributed by atoms with Crippen LogP contribution in [0.15, 0.2) is 24.3 Å². The van der Waals surface area contributed by atoms with Gasteiger partial charge in [-0.25, -0.2) is 0 Å². The molecule has 0 saturated heterocycles. The summed E-state index contributed by atoms with van der Waals surface area (Å²) in [5.74, 6) is 1.46. The number of halogens is 1. The van der Waals surface area contributed by atoms with Gasteiger partial charge in [-0.1, -0.05) is 43.0 Å². The van der Waals surface area contributed by atoms with Crippen molar-refractivity contribution in [3.8, 4) is 0 Å². The zero-order chi connectivity index (χ0) is 12.1. The third-order valence-electron chi connectivity index (χ3n) is 3.99. The van der Waals surface area contributed by atoms with Gasteiger partial charge in [-0.2, -0.15) is 0 Å². The van der Waals surface area contributed by atoms with E-state index in [1.165, 1.54) is 37.7 Å². The van der Waals surface area contributed by atoms with Gasteiger partial charge in [0.05, 0.1) is 0 Å². The molecule has 2 unspecified atom stereocenters. The van der Waals surface area contributed by atoms with Gasteiger partial charge in [0, 0.05) is 5.02 Å². The smallest absolute Gasteiger partial charge is 0.0406 e. The quantitative estimate of drug-likeness (QED) is 0.794. The zero-order valence-corrected chi connectivity index (χ0v) is 11.1. The Morgan fingerprint density at radius 2 is 1.76 bits per heavy atom. The third kappa shape index (κ3) is 3.46. The van der Waals surface area contributed by atoms with Crippen LogP contribution in [0.3, 0.4) is 0 Å². The molecule has 0 heterocycles. The second kappa shape index (κ2) is 6.42. The van der Waals surface area contributed by atoms with Crippen molar-refractivity contribution in [1.29, 1.82) is 0 Å². The maximum Gasteiger partial charge on any atom is 0.0406 e. The number of hydrogen-bond acceptors (Lipinski definition) is 1. The van der Waals surface area contributed by atoms with E-state index in [1.54, 1.807) is 0 Å². The summed E-state index contributed by atoms with van der Waals surface area (Å²) >= 11 is 5.96. The van der Waals surface area contributed by atoms with Crippen molar-refractivity contribution in [2.45, 2.75) is 44.4 Å². The molecule has 94 valence electrons. The van der Waals surface area contributed by atoms with Crippen LogP contribution in [0.4, 0.5) is 0 Å². The lowest BCUT2D eigenvalue weighted by Crippen LogP contribution is -2.16. The first kappa shape index (κ1) is 12.9. The van der Waals surface area contributed by atoms with Crippen molar-refractivity contribution in [3.63, 3.8) is 0 Å². The minimum Gasteiger partial charge on any atom is -0.330 e. The Kier molecular flexibility index (Phi) is 4.87. The fraction of sp³-hybridized carbons (Fsp3) is 0.600. The number of hydrogen-bond donors (Lipinski definition) is 1. The Hall–Kier alpha value is -0.530. The van der Waals surface area contributed by atoms with Gasteiger partial charge >= 0.3 is 0 Å². The van der Waals surface area contributed by atoms with Crippen LogP contribution in [0.5, 0.6) is 0 Å². The molecule has 1 fully saturated rings. The molecule has 0 amide bonds. The van der Waals surface area contributed by atoms with E-state index in [-0.39, 0.29) is 0 Å². The standard InChI is InChI=1S/C15H22ClN/c16-14-8-6-13(7-9-14)15-5-3-1-2-4-12(15)10-11-17/h6-9,12,15H,1-5,10-11,17H2. The van der Waals surface area contributed by atoms with Crippen LogP contribution in [0.25, 0.3) is 0 Å². The van der Waals surface area contributed by atoms with Crippen LogP contribution in [0.2, 0.25) is 5.02 Å². The zero-order valence-electron chi connectivity index (χ0n) is 10.4. The van der Waals surface area contributed by atoms with E-state index in [1.807, 2.05) is 12.1 Å². The molecule has 1 aromatic carbocycles. The molecule has 2 rings (SSSR count). The Labute approximate surface area is 109 Å². The first-order chi connectivity index (χ1) is 8.31. The van der Waals surface area contributed by atoms with Gasteiger partial charge in [0.15, 0.2) is 0 Å². The van der Waals surface area contributed by atoms with Gasteiger partial charge < -0.3 is 5.73 Å². The predicted octanol–water partition coefficient (Wildman–Crippen LogP) is 4.35. The first-order valence-electron chi connectivity index (χ1n) is 6.77. The average Bonchev–Trinajstić information content (AvgIpc) is 2.56. The molecule has 0 spiro atoms. The van der Waals surface area contributed by atoms with Gasteiger partial charge in [-0.05, 0) is 55.3 Å². The largest absolute Gasteiger partial charge is 0.330 e. The summed E-state index contributed by atoms with van der Waals surface area (Å²) in [5, 5.41) is 0.831. The Morgan fingerprint density at radius 1 is 1.06 bits per heavy atom. The summed E-state index contributed by atoms with van der Waals surface area (Å²) in [6.07, 6.45) is 7.92. The normalized spacial score (nSPS) is 25.5. The summed E-state index contributed by atoms with van der Waals surface area (Å²) in [6.45, 7) is 0.814. The SMILES string of the molecule is NCCC1CCCCCC1c1ccc(Cl)cc1. The number of rotatable bonds is 3. The van der Waals surface area contributed by atoms with E-state index >= 15 is 0 Å². The van der Waals surface area contributed by atoms with Crippen LogP contribution in [-0.2, 0) is 0 Å². The molecule has 1 aromatic rings. The fourth-order valence-electron chi connectivity index (χ4n) is 3.09. The molecule has 1 aliphatic carbocycles. The van der Waals surface area contributed by atoms with Crippen molar-refractivity contribution in [2.24, 2.45) is 11.7 Å². The molecular formula is C15H22ClN. The maximum atomic E-state index is 5.96. The van der Waals surface area contributed by atoms with Crippen LogP contribution >= 0.6 is 11.6 Å². The summed E-state index contributed by atoms with van der Waals surface area (Å²) < 4.78 is 0. The molecule has 0 bridgehead atoms. The monoisotopic (exact) mass is 251 g/mol. The summed E-state index contributed by atoms with van der Waals surface area (Å²) in [4.78, 5) is 0. The lowest BCUT2D eigenvalue weighted by Gasteiger charge is -2.25. The predicted molar refractivity (Wildman–Crippen MR) is 74.4 cm³/mol. The first-order valence-corrected chi connectivity index (χ1v) is 7.14. The molecule has 2 atom stereocenters. The van der Waals surface area contributed by atoms with E-state index in [0.29, 0.717) is 5.92 Å². The van der Waals surface area contributed by atoms with Crippen LogP contribution < -0.4 is 5.73 Å². The highest BCUT2D eigenvalue weighted by Crippen LogP contribution is 2.38. The molecule has 17 heavy (non-hydrogen) atoms. The van der Waals surface area contributed by atoms with E-state index in [4.69, 9.17) is 17.3 Å². The fourth-order valence-corrected chi connectivity index (χ4v) is 3.22. The molecule has 1 nitrogen and oxygen atoms in total. The van der Waals surface area contributed by atoms with E-state index in [9.17, 15) is 0 Å². The highest BCUT2D eigenvalue weighted by molar-refractivity contribution is 6.30. The molecule has 0 aliphatic heterocycles. The summed E-state index contributed by atoms with van der Waals surface area (Å²) in [5.41, 5.74) is 7.21. The third-order valence-corrected chi connectivity index (χ3v) is 4.25. The lowest BCUT2D eigenvalue weighted by atomic mass is 9.80. The van der Waals surface area contributed by atoms with Crippen molar-refractivity contribution >= 4 is 11.6 Å². The van der Waals surface area contributed by atoms with Crippen LogP contribution in [0.1, 0.15) is 50.0 Å². The highest BCUT2D eigenvalue weighted by atomic mass is 35.5. The second-order valence-electron chi connectivity index (χ2n) is 5.13. The Bertz CT molecular complexity index is 333. The topological polar surface area (TPSA) is 26.0 Å². The molecule has 0 aromatic heterocycles. The average molecular weight is 252 g/mol. The molecule has 1 saturated carbocycles. The van der Waals surface area contributed by atoms with Gasteiger partial charge in [0.1, 0.15) is 0 Å². The lowest BCUT2D eigenvalue weighted by molar-refractivity contribution is 0.378. The van der Waals surface area contributed by atoms with Crippen molar-refractivity contribution in [3.05, 3.63) is 34.9 Å². The second-order valence-corrected chi connectivity index (χ2v) is 5.57. The van der Waals surface area contributed by atoms with E-state index in [0.717, 1.165) is 23.9 Å². The van der Waals surface area contributed by atoms with Crippen LogP contribution in [-0.4, -0.2) is 6.54 Å². The van der Waals surface area contributed by atoms with Gasteiger partial charge in [-0.3, -0.25) is 0 Å². The molecular weight excluding hydrogens is 230 g/mol. The van der Waals surface area contributed by atoms with E-state index in [2.05, 4.69) is 12.1 Å².